The smallest absolute Gasteiger partial charge is 0.254 e. The van der Waals surface area contributed by atoms with E-state index in [1.807, 2.05) is 13.8 Å². The number of hydrogen-bond donors (Lipinski definition) is 0. The van der Waals surface area contributed by atoms with E-state index in [0.29, 0.717) is 24.3 Å². The highest BCUT2D eigenvalue weighted by molar-refractivity contribution is 5.95. The Hall–Kier alpha value is -1.42. The van der Waals surface area contributed by atoms with Gasteiger partial charge >= 0.3 is 0 Å². The Kier molecular flexibility index (Phi) is 3.66. The lowest BCUT2D eigenvalue weighted by Gasteiger charge is -2.37. The van der Waals surface area contributed by atoms with Crippen LogP contribution in [0.15, 0.2) is 18.2 Å². The van der Waals surface area contributed by atoms with Gasteiger partial charge in [-0.25, -0.2) is 4.39 Å². The lowest BCUT2D eigenvalue weighted by atomic mass is 10.1. The van der Waals surface area contributed by atoms with Gasteiger partial charge in [-0.05, 0) is 44.5 Å². The summed E-state index contributed by atoms with van der Waals surface area (Å²) < 4.78 is 18.5. The number of morpholine rings is 1. The van der Waals surface area contributed by atoms with E-state index >= 15 is 0 Å². The SMILES string of the molecule is Cc1cc(F)ccc1C(=O)N1CC(C)OCC1C. The fourth-order valence-electron chi connectivity index (χ4n) is 2.21. The molecule has 1 aliphatic rings. The molecule has 1 fully saturated rings. The van der Waals surface area contributed by atoms with Crippen molar-refractivity contribution < 1.29 is 13.9 Å². The monoisotopic (exact) mass is 251 g/mol. The van der Waals surface area contributed by atoms with Crippen molar-refractivity contribution >= 4 is 5.91 Å². The molecule has 1 amide bonds. The van der Waals surface area contributed by atoms with Crippen molar-refractivity contribution in [3.63, 3.8) is 0 Å². The standard InChI is InChI=1S/C14H18FNO2/c1-9-6-12(15)4-5-13(9)14(17)16-7-11(3)18-8-10(16)2/h4-6,10-11H,7-8H2,1-3H3. The van der Waals surface area contributed by atoms with Crippen molar-refractivity contribution in [2.75, 3.05) is 13.2 Å². The second kappa shape index (κ2) is 5.06. The highest BCUT2D eigenvalue weighted by Gasteiger charge is 2.28. The minimum atomic E-state index is -0.313. The highest BCUT2D eigenvalue weighted by atomic mass is 19.1. The number of hydrogen-bond acceptors (Lipinski definition) is 2. The summed E-state index contributed by atoms with van der Waals surface area (Å²) in [5.41, 5.74) is 1.24. The second-order valence-corrected chi connectivity index (χ2v) is 4.91. The molecule has 2 atom stereocenters. The molecule has 98 valence electrons. The lowest BCUT2D eigenvalue weighted by molar-refractivity contribution is -0.0387. The Bertz CT molecular complexity index is 461. The number of carbonyl (C=O) groups excluding carboxylic acids is 1. The Morgan fingerprint density at radius 3 is 2.83 bits per heavy atom. The molecule has 0 N–H and O–H groups in total. The molecule has 0 aliphatic carbocycles. The quantitative estimate of drug-likeness (QED) is 0.767. The number of halogens is 1. The number of amides is 1. The molecule has 1 aromatic rings. The van der Waals surface area contributed by atoms with E-state index in [4.69, 9.17) is 4.74 Å². The van der Waals surface area contributed by atoms with Gasteiger partial charge in [0.2, 0.25) is 0 Å². The molecule has 1 aromatic carbocycles. The zero-order valence-corrected chi connectivity index (χ0v) is 10.9. The van der Waals surface area contributed by atoms with E-state index in [1.165, 1.54) is 12.1 Å². The van der Waals surface area contributed by atoms with E-state index in [2.05, 4.69) is 0 Å². The fraction of sp³-hybridized carbons (Fsp3) is 0.500. The van der Waals surface area contributed by atoms with E-state index in [-0.39, 0.29) is 23.9 Å². The second-order valence-electron chi connectivity index (χ2n) is 4.91. The van der Waals surface area contributed by atoms with Crippen molar-refractivity contribution in [2.45, 2.75) is 32.9 Å². The van der Waals surface area contributed by atoms with Gasteiger partial charge in [0.15, 0.2) is 0 Å². The first-order valence-corrected chi connectivity index (χ1v) is 6.17. The molecule has 0 spiro atoms. The van der Waals surface area contributed by atoms with Gasteiger partial charge in [0, 0.05) is 12.1 Å². The summed E-state index contributed by atoms with van der Waals surface area (Å²) in [5, 5.41) is 0. The summed E-state index contributed by atoms with van der Waals surface area (Å²) in [6, 6.07) is 4.33. The van der Waals surface area contributed by atoms with Crippen LogP contribution >= 0.6 is 0 Å². The van der Waals surface area contributed by atoms with Crippen molar-refractivity contribution in [3.05, 3.63) is 35.1 Å². The average Bonchev–Trinajstić information content (AvgIpc) is 2.31. The molecule has 3 nitrogen and oxygen atoms in total. The Balaban J connectivity index is 2.24. The predicted octanol–water partition coefficient (Wildman–Crippen LogP) is 2.38. The number of ether oxygens (including phenoxy) is 1. The van der Waals surface area contributed by atoms with Gasteiger partial charge in [0.1, 0.15) is 5.82 Å². The van der Waals surface area contributed by atoms with Crippen LogP contribution in [0.25, 0.3) is 0 Å². The van der Waals surface area contributed by atoms with E-state index in [1.54, 1.807) is 17.9 Å². The summed E-state index contributed by atoms with van der Waals surface area (Å²) in [4.78, 5) is 14.2. The predicted molar refractivity (Wildman–Crippen MR) is 67.0 cm³/mol. The van der Waals surface area contributed by atoms with Crippen LogP contribution in [0.1, 0.15) is 29.8 Å². The third-order valence-electron chi connectivity index (χ3n) is 3.29. The number of carbonyl (C=O) groups is 1. The molecule has 1 aliphatic heterocycles. The highest BCUT2D eigenvalue weighted by Crippen LogP contribution is 2.18. The molecule has 0 aromatic heterocycles. The summed E-state index contributed by atoms with van der Waals surface area (Å²) in [6.45, 7) is 6.79. The van der Waals surface area contributed by atoms with Gasteiger partial charge < -0.3 is 9.64 Å². The van der Waals surface area contributed by atoms with Crippen LogP contribution < -0.4 is 0 Å². The number of aryl methyl sites for hydroxylation is 1. The molecular formula is C14H18FNO2. The van der Waals surface area contributed by atoms with E-state index < -0.39 is 0 Å². The molecular weight excluding hydrogens is 233 g/mol. The summed E-state index contributed by atoms with van der Waals surface area (Å²) in [6.07, 6.45) is 0.0471. The summed E-state index contributed by atoms with van der Waals surface area (Å²) in [7, 11) is 0. The van der Waals surface area contributed by atoms with Crippen LogP contribution in [0.4, 0.5) is 4.39 Å². The van der Waals surface area contributed by atoms with Gasteiger partial charge in [0.25, 0.3) is 5.91 Å². The van der Waals surface area contributed by atoms with E-state index in [9.17, 15) is 9.18 Å². The van der Waals surface area contributed by atoms with Crippen LogP contribution in [0.3, 0.4) is 0 Å². The van der Waals surface area contributed by atoms with Crippen molar-refractivity contribution in [1.82, 2.24) is 4.90 Å². The summed E-state index contributed by atoms with van der Waals surface area (Å²) >= 11 is 0. The first-order chi connectivity index (χ1) is 8.49. The number of nitrogens with zero attached hydrogens (tertiary/aromatic N) is 1. The molecule has 1 heterocycles. The molecule has 0 saturated carbocycles. The van der Waals surface area contributed by atoms with Crippen LogP contribution in [-0.4, -0.2) is 36.1 Å². The van der Waals surface area contributed by atoms with Crippen LogP contribution in [-0.2, 0) is 4.74 Å². The normalized spacial score (nSPS) is 24.1. The Labute approximate surface area is 107 Å². The van der Waals surface area contributed by atoms with Crippen LogP contribution in [0.2, 0.25) is 0 Å². The zero-order valence-electron chi connectivity index (χ0n) is 10.9. The van der Waals surface area contributed by atoms with Crippen LogP contribution in [0, 0.1) is 12.7 Å². The topological polar surface area (TPSA) is 29.5 Å². The minimum absolute atomic E-state index is 0.0462. The molecule has 18 heavy (non-hydrogen) atoms. The van der Waals surface area contributed by atoms with Gasteiger partial charge in [-0.2, -0.15) is 0 Å². The maximum absolute atomic E-state index is 13.0. The molecule has 0 radical (unpaired) electrons. The van der Waals surface area contributed by atoms with Crippen LogP contribution in [0.5, 0.6) is 0 Å². The van der Waals surface area contributed by atoms with Gasteiger partial charge in [-0.15, -0.1) is 0 Å². The molecule has 2 unspecified atom stereocenters. The zero-order chi connectivity index (χ0) is 13.3. The lowest BCUT2D eigenvalue weighted by Crippen LogP contribution is -2.50. The number of benzene rings is 1. The number of rotatable bonds is 1. The third-order valence-corrected chi connectivity index (χ3v) is 3.29. The van der Waals surface area contributed by atoms with Crippen molar-refractivity contribution in [2.24, 2.45) is 0 Å². The summed E-state index contributed by atoms with van der Waals surface area (Å²) in [5.74, 6) is -0.359. The average molecular weight is 251 g/mol. The van der Waals surface area contributed by atoms with Crippen molar-refractivity contribution in [3.8, 4) is 0 Å². The largest absolute Gasteiger partial charge is 0.375 e. The van der Waals surface area contributed by atoms with Gasteiger partial charge in [-0.1, -0.05) is 0 Å². The van der Waals surface area contributed by atoms with E-state index in [0.717, 1.165) is 0 Å². The Morgan fingerprint density at radius 2 is 2.17 bits per heavy atom. The first kappa shape index (κ1) is 13.0. The maximum atomic E-state index is 13.0. The molecule has 1 saturated heterocycles. The first-order valence-electron chi connectivity index (χ1n) is 6.17. The molecule has 0 bridgehead atoms. The van der Waals surface area contributed by atoms with Gasteiger partial charge in [0.05, 0.1) is 18.8 Å². The third kappa shape index (κ3) is 2.53. The minimum Gasteiger partial charge on any atom is -0.375 e. The fourth-order valence-corrected chi connectivity index (χ4v) is 2.21. The molecule has 2 rings (SSSR count). The maximum Gasteiger partial charge on any atom is 0.254 e. The van der Waals surface area contributed by atoms with Crippen molar-refractivity contribution in [1.29, 1.82) is 0 Å². The van der Waals surface area contributed by atoms with Gasteiger partial charge in [-0.3, -0.25) is 4.79 Å². The Morgan fingerprint density at radius 1 is 1.44 bits per heavy atom. The molecule has 4 heteroatoms.